The SMILES string of the molecule is COc1cc(C/C=C(\Cl)Cc2cc(O)cc(O)c2)c(OC)cc1Cl. The molecule has 0 saturated heterocycles. The summed E-state index contributed by atoms with van der Waals surface area (Å²) in [6.07, 6.45) is 2.77. The minimum absolute atomic E-state index is 0.00132. The topological polar surface area (TPSA) is 58.9 Å². The quantitative estimate of drug-likeness (QED) is 0.777. The summed E-state index contributed by atoms with van der Waals surface area (Å²) < 4.78 is 10.5. The highest BCUT2D eigenvalue weighted by Gasteiger charge is 2.09. The Kier molecular flexibility index (Phi) is 6.23. The standard InChI is InChI=1S/C18H18Cl2O4/c1-23-17-10-16(20)18(24-2)8-12(17)3-4-13(19)5-11-6-14(21)9-15(22)7-11/h4,6-10,21-22H,3,5H2,1-2H3/b13-4-. The second kappa shape index (κ2) is 8.18. The summed E-state index contributed by atoms with van der Waals surface area (Å²) in [5.74, 6) is 1.21. The third-order valence-corrected chi connectivity index (χ3v) is 4.02. The van der Waals surface area contributed by atoms with E-state index in [0.29, 0.717) is 34.4 Å². The maximum atomic E-state index is 9.50. The number of allylic oxidation sites excluding steroid dienone is 2. The fourth-order valence-corrected chi connectivity index (χ4v) is 2.79. The summed E-state index contributed by atoms with van der Waals surface area (Å²) in [6, 6.07) is 7.89. The van der Waals surface area contributed by atoms with Gasteiger partial charge in [0, 0.05) is 29.1 Å². The zero-order valence-electron chi connectivity index (χ0n) is 13.3. The van der Waals surface area contributed by atoms with Crippen LogP contribution >= 0.6 is 23.2 Å². The van der Waals surface area contributed by atoms with Gasteiger partial charge in [0.2, 0.25) is 0 Å². The molecule has 2 N–H and O–H groups in total. The van der Waals surface area contributed by atoms with E-state index in [-0.39, 0.29) is 11.5 Å². The van der Waals surface area contributed by atoms with Gasteiger partial charge in [-0.25, -0.2) is 0 Å². The van der Waals surface area contributed by atoms with Crippen LogP contribution in [0.1, 0.15) is 11.1 Å². The Labute approximate surface area is 150 Å². The first-order chi connectivity index (χ1) is 11.4. The molecule has 0 fully saturated rings. The Balaban J connectivity index is 2.17. The molecule has 128 valence electrons. The van der Waals surface area contributed by atoms with Crippen LogP contribution in [0.25, 0.3) is 0 Å². The molecular weight excluding hydrogens is 351 g/mol. The lowest BCUT2D eigenvalue weighted by atomic mass is 10.1. The van der Waals surface area contributed by atoms with Crippen molar-refractivity contribution in [3.8, 4) is 23.0 Å². The smallest absolute Gasteiger partial charge is 0.138 e. The van der Waals surface area contributed by atoms with Crippen molar-refractivity contribution in [3.63, 3.8) is 0 Å². The van der Waals surface area contributed by atoms with Crippen molar-refractivity contribution in [2.45, 2.75) is 12.8 Å². The summed E-state index contributed by atoms with van der Waals surface area (Å²) in [5.41, 5.74) is 1.60. The lowest BCUT2D eigenvalue weighted by molar-refractivity contribution is 0.400. The van der Waals surface area contributed by atoms with Gasteiger partial charge >= 0.3 is 0 Å². The Morgan fingerprint density at radius 3 is 2.21 bits per heavy atom. The zero-order valence-corrected chi connectivity index (χ0v) is 14.9. The predicted octanol–water partition coefficient (Wildman–Crippen LogP) is 4.68. The minimum atomic E-state index is -0.00132. The number of methoxy groups -OCH3 is 2. The first-order valence-corrected chi connectivity index (χ1v) is 7.95. The molecule has 0 bridgehead atoms. The molecule has 0 heterocycles. The van der Waals surface area contributed by atoms with Crippen LogP contribution in [0.4, 0.5) is 0 Å². The molecule has 0 unspecified atom stereocenters. The normalized spacial score (nSPS) is 11.4. The van der Waals surface area contributed by atoms with Gasteiger partial charge in [-0.3, -0.25) is 0 Å². The van der Waals surface area contributed by atoms with Crippen molar-refractivity contribution in [3.05, 3.63) is 57.6 Å². The summed E-state index contributed by atoms with van der Waals surface area (Å²) in [6.45, 7) is 0. The van der Waals surface area contributed by atoms with Gasteiger partial charge in [-0.05, 0) is 30.2 Å². The summed E-state index contributed by atoms with van der Waals surface area (Å²) in [7, 11) is 3.12. The highest BCUT2D eigenvalue weighted by Crippen LogP contribution is 2.33. The number of rotatable bonds is 6. The predicted molar refractivity (Wildman–Crippen MR) is 95.7 cm³/mol. The van der Waals surface area contributed by atoms with Gasteiger partial charge in [-0.2, -0.15) is 0 Å². The van der Waals surface area contributed by atoms with E-state index in [0.717, 1.165) is 11.1 Å². The number of phenols is 2. The number of aromatic hydroxyl groups is 2. The molecule has 0 spiro atoms. The molecule has 0 atom stereocenters. The van der Waals surface area contributed by atoms with Gasteiger partial charge in [0.05, 0.1) is 19.2 Å². The molecule has 0 aromatic heterocycles. The lowest BCUT2D eigenvalue weighted by Gasteiger charge is -2.11. The van der Waals surface area contributed by atoms with Crippen molar-refractivity contribution in [1.82, 2.24) is 0 Å². The molecule has 24 heavy (non-hydrogen) atoms. The zero-order chi connectivity index (χ0) is 17.7. The number of hydrogen-bond acceptors (Lipinski definition) is 4. The van der Waals surface area contributed by atoms with Crippen molar-refractivity contribution in [2.75, 3.05) is 14.2 Å². The van der Waals surface area contributed by atoms with Crippen LogP contribution in [0, 0.1) is 0 Å². The molecule has 0 aliphatic carbocycles. The summed E-state index contributed by atoms with van der Waals surface area (Å²) in [4.78, 5) is 0. The van der Waals surface area contributed by atoms with E-state index in [4.69, 9.17) is 32.7 Å². The van der Waals surface area contributed by atoms with Crippen LogP contribution in [0.15, 0.2) is 41.4 Å². The maximum Gasteiger partial charge on any atom is 0.138 e. The van der Waals surface area contributed by atoms with Crippen LogP contribution < -0.4 is 9.47 Å². The molecule has 2 aromatic carbocycles. The molecule has 6 heteroatoms. The molecule has 0 aliphatic rings. The van der Waals surface area contributed by atoms with Gasteiger partial charge in [0.1, 0.15) is 23.0 Å². The first kappa shape index (κ1) is 18.3. The van der Waals surface area contributed by atoms with Crippen LogP contribution in [-0.2, 0) is 12.8 Å². The average molecular weight is 369 g/mol. The van der Waals surface area contributed by atoms with E-state index < -0.39 is 0 Å². The van der Waals surface area contributed by atoms with Gasteiger partial charge < -0.3 is 19.7 Å². The molecule has 2 aromatic rings. The lowest BCUT2D eigenvalue weighted by Crippen LogP contribution is -1.94. The van der Waals surface area contributed by atoms with Crippen LogP contribution in [0.5, 0.6) is 23.0 Å². The number of ether oxygens (including phenoxy) is 2. The summed E-state index contributed by atoms with van der Waals surface area (Å²) >= 11 is 12.4. The Morgan fingerprint density at radius 1 is 1.00 bits per heavy atom. The van der Waals surface area contributed by atoms with Gasteiger partial charge in [-0.15, -0.1) is 0 Å². The fraction of sp³-hybridized carbons (Fsp3) is 0.222. The molecule has 0 amide bonds. The fourth-order valence-electron chi connectivity index (χ4n) is 2.33. The Hall–Kier alpha value is -2.04. The minimum Gasteiger partial charge on any atom is -0.508 e. The molecular formula is C18H18Cl2O4. The van der Waals surface area contributed by atoms with E-state index >= 15 is 0 Å². The van der Waals surface area contributed by atoms with Crippen LogP contribution in [0.2, 0.25) is 5.02 Å². The Morgan fingerprint density at radius 2 is 1.62 bits per heavy atom. The van der Waals surface area contributed by atoms with E-state index in [1.165, 1.54) is 6.07 Å². The van der Waals surface area contributed by atoms with Gasteiger partial charge in [0.25, 0.3) is 0 Å². The second-order valence-electron chi connectivity index (χ2n) is 5.19. The number of benzene rings is 2. The van der Waals surface area contributed by atoms with E-state index in [2.05, 4.69) is 0 Å². The van der Waals surface area contributed by atoms with Gasteiger partial charge in [0.15, 0.2) is 0 Å². The molecule has 4 nitrogen and oxygen atoms in total. The molecule has 0 aliphatic heterocycles. The second-order valence-corrected chi connectivity index (χ2v) is 6.08. The van der Waals surface area contributed by atoms with Gasteiger partial charge in [-0.1, -0.05) is 29.3 Å². The van der Waals surface area contributed by atoms with Crippen molar-refractivity contribution >= 4 is 23.2 Å². The summed E-state index contributed by atoms with van der Waals surface area (Å²) in [5, 5.41) is 20.1. The van der Waals surface area contributed by atoms with Crippen LogP contribution in [0.3, 0.4) is 0 Å². The van der Waals surface area contributed by atoms with Crippen molar-refractivity contribution in [2.24, 2.45) is 0 Å². The molecule has 0 radical (unpaired) electrons. The number of phenolic OH excluding ortho intramolecular Hbond substituents is 2. The number of hydrogen-bond donors (Lipinski definition) is 2. The highest BCUT2D eigenvalue weighted by atomic mass is 35.5. The highest BCUT2D eigenvalue weighted by molar-refractivity contribution is 6.32. The monoisotopic (exact) mass is 368 g/mol. The van der Waals surface area contributed by atoms with Crippen molar-refractivity contribution < 1.29 is 19.7 Å². The first-order valence-electron chi connectivity index (χ1n) is 7.19. The third kappa shape index (κ3) is 4.73. The van der Waals surface area contributed by atoms with E-state index in [9.17, 15) is 10.2 Å². The molecule has 2 rings (SSSR count). The van der Waals surface area contributed by atoms with E-state index in [1.54, 1.807) is 32.4 Å². The average Bonchev–Trinajstić information content (AvgIpc) is 2.52. The maximum absolute atomic E-state index is 9.50. The molecule has 0 saturated carbocycles. The van der Waals surface area contributed by atoms with E-state index in [1.807, 2.05) is 12.1 Å². The van der Waals surface area contributed by atoms with Crippen LogP contribution in [-0.4, -0.2) is 24.4 Å². The number of halogens is 2. The third-order valence-electron chi connectivity index (χ3n) is 3.43. The Bertz CT molecular complexity index is 737. The largest absolute Gasteiger partial charge is 0.508 e. The van der Waals surface area contributed by atoms with Crippen molar-refractivity contribution in [1.29, 1.82) is 0 Å².